The molecule has 8 nitrogen and oxygen atoms in total. The summed E-state index contributed by atoms with van der Waals surface area (Å²) in [6.45, 7) is 1.58. The van der Waals surface area contributed by atoms with Gasteiger partial charge in [0.2, 0.25) is 0 Å². The highest BCUT2D eigenvalue weighted by Crippen LogP contribution is 2.23. The summed E-state index contributed by atoms with van der Waals surface area (Å²) < 4.78 is 0. The molecular weight excluding hydrogens is 384 g/mol. The molecule has 2 amide bonds. The number of aromatic nitrogens is 1. The fraction of sp³-hybridized carbons (Fsp3) is 0.316. The van der Waals surface area contributed by atoms with Gasteiger partial charge in [0.15, 0.2) is 0 Å². The van der Waals surface area contributed by atoms with Crippen LogP contribution in [0.25, 0.3) is 0 Å². The van der Waals surface area contributed by atoms with Gasteiger partial charge in [0.25, 0.3) is 17.5 Å². The zero-order valence-electron chi connectivity index (χ0n) is 15.0. The van der Waals surface area contributed by atoms with Gasteiger partial charge in [-0.05, 0) is 43.0 Å². The van der Waals surface area contributed by atoms with Crippen molar-refractivity contribution in [2.75, 3.05) is 19.6 Å². The average molecular weight is 403 g/mol. The molecule has 2 heterocycles. The third kappa shape index (κ3) is 4.64. The van der Waals surface area contributed by atoms with E-state index in [0.717, 1.165) is 12.8 Å². The number of nitro groups is 1. The minimum absolute atomic E-state index is 0.0283. The number of nitro benzene ring substituents is 1. The number of amides is 2. The molecule has 1 aromatic heterocycles. The molecule has 0 radical (unpaired) electrons. The topological polar surface area (TPSA) is 105 Å². The van der Waals surface area contributed by atoms with E-state index in [-0.39, 0.29) is 28.1 Å². The van der Waals surface area contributed by atoms with E-state index in [1.165, 1.54) is 18.2 Å². The number of nitrogens with zero attached hydrogens (tertiary/aromatic N) is 3. The maximum absolute atomic E-state index is 12.4. The minimum atomic E-state index is -0.603. The Balaban J connectivity index is 1.53. The first-order valence-corrected chi connectivity index (χ1v) is 9.25. The first kappa shape index (κ1) is 19.8. The van der Waals surface area contributed by atoms with Crippen molar-refractivity contribution in [3.8, 4) is 0 Å². The van der Waals surface area contributed by atoms with Gasteiger partial charge in [0, 0.05) is 48.7 Å². The van der Waals surface area contributed by atoms with Crippen molar-refractivity contribution in [1.82, 2.24) is 15.2 Å². The summed E-state index contributed by atoms with van der Waals surface area (Å²) in [5, 5.41) is 14.1. The van der Waals surface area contributed by atoms with E-state index in [1.54, 1.807) is 29.4 Å². The second kappa shape index (κ2) is 8.79. The first-order chi connectivity index (χ1) is 13.5. The molecule has 1 aromatic carbocycles. The molecule has 28 heavy (non-hydrogen) atoms. The number of pyridine rings is 1. The molecule has 146 valence electrons. The number of halogens is 1. The predicted octanol–water partition coefficient (Wildman–Crippen LogP) is 2.93. The molecular formula is C19H19ClN4O4. The molecule has 0 saturated carbocycles. The molecule has 9 heteroatoms. The lowest BCUT2D eigenvalue weighted by Crippen LogP contribution is -2.41. The van der Waals surface area contributed by atoms with Gasteiger partial charge in [0.05, 0.1) is 4.92 Å². The van der Waals surface area contributed by atoms with E-state index >= 15 is 0 Å². The van der Waals surface area contributed by atoms with Crippen molar-refractivity contribution in [3.63, 3.8) is 0 Å². The van der Waals surface area contributed by atoms with Crippen molar-refractivity contribution in [3.05, 3.63) is 69.0 Å². The highest BCUT2D eigenvalue weighted by molar-refractivity contribution is 6.31. The van der Waals surface area contributed by atoms with Crippen LogP contribution in [0.5, 0.6) is 0 Å². The largest absolute Gasteiger partial charge is 0.352 e. The van der Waals surface area contributed by atoms with Crippen LogP contribution >= 0.6 is 11.6 Å². The van der Waals surface area contributed by atoms with Gasteiger partial charge in [-0.25, -0.2) is 0 Å². The fourth-order valence-electron chi connectivity index (χ4n) is 3.20. The van der Waals surface area contributed by atoms with E-state index < -0.39 is 10.8 Å². The number of benzene rings is 1. The van der Waals surface area contributed by atoms with Crippen molar-refractivity contribution >= 4 is 29.1 Å². The van der Waals surface area contributed by atoms with Crippen molar-refractivity contribution < 1.29 is 14.5 Å². The Bertz CT molecular complexity index is 883. The maximum Gasteiger partial charge on any atom is 0.282 e. The Morgan fingerprint density at radius 1 is 1.21 bits per heavy atom. The van der Waals surface area contributed by atoms with Gasteiger partial charge in [0.1, 0.15) is 5.56 Å². The molecule has 1 fully saturated rings. The SMILES string of the molecule is O=C(NCC1CCN(C(=O)c2ccncc2)CC1)c1cc(Cl)ccc1[N+](=O)[O-]. The monoisotopic (exact) mass is 402 g/mol. The zero-order valence-corrected chi connectivity index (χ0v) is 15.8. The number of nitrogens with one attached hydrogen (secondary N) is 1. The van der Waals surface area contributed by atoms with Gasteiger partial charge in [-0.1, -0.05) is 11.6 Å². The molecule has 1 saturated heterocycles. The van der Waals surface area contributed by atoms with Crippen LogP contribution in [-0.2, 0) is 0 Å². The average Bonchev–Trinajstić information content (AvgIpc) is 2.72. The zero-order chi connectivity index (χ0) is 20.1. The van der Waals surface area contributed by atoms with Gasteiger partial charge < -0.3 is 10.2 Å². The molecule has 0 aliphatic carbocycles. The molecule has 0 atom stereocenters. The normalized spacial score (nSPS) is 14.5. The number of piperidine rings is 1. The molecule has 1 aliphatic rings. The Hall–Kier alpha value is -3.00. The summed E-state index contributed by atoms with van der Waals surface area (Å²) in [7, 11) is 0. The molecule has 1 N–H and O–H groups in total. The van der Waals surface area contributed by atoms with Crippen molar-refractivity contribution in [2.24, 2.45) is 5.92 Å². The van der Waals surface area contributed by atoms with E-state index in [2.05, 4.69) is 10.3 Å². The number of rotatable bonds is 5. The van der Waals surface area contributed by atoms with E-state index in [4.69, 9.17) is 11.6 Å². The van der Waals surface area contributed by atoms with E-state index in [9.17, 15) is 19.7 Å². The minimum Gasteiger partial charge on any atom is -0.352 e. The Labute approximate surface area is 166 Å². The number of carbonyl (C=O) groups is 2. The molecule has 0 bridgehead atoms. The Morgan fingerprint density at radius 3 is 2.54 bits per heavy atom. The predicted molar refractivity (Wildman–Crippen MR) is 103 cm³/mol. The van der Waals surface area contributed by atoms with Crippen LogP contribution < -0.4 is 5.32 Å². The third-order valence-electron chi connectivity index (χ3n) is 4.78. The maximum atomic E-state index is 12.4. The second-order valence-corrected chi connectivity index (χ2v) is 7.04. The van der Waals surface area contributed by atoms with Crippen LogP contribution in [0.15, 0.2) is 42.7 Å². The third-order valence-corrected chi connectivity index (χ3v) is 5.02. The summed E-state index contributed by atoms with van der Waals surface area (Å²) in [5.41, 5.74) is 0.275. The molecule has 0 unspecified atom stereocenters. The summed E-state index contributed by atoms with van der Waals surface area (Å²) in [6, 6.07) is 7.27. The molecule has 3 rings (SSSR count). The molecule has 0 spiro atoms. The smallest absolute Gasteiger partial charge is 0.282 e. The van der Waals surface area contributed by atoms with Crippen LogP contribution in [0.4, 0.5) is 5.69 Å². The van der Waals surface area contributed by atoms with E-state index in [0.29, 0.717) is 25.2 Å². The van der Waals surface area contributed by atoms with Crippen molar-refractivity contribution in [2.45, 2.75) is 12.8 Å². The van der Waals surface area contributed by atoms with Gasteiger partial charge in [-0.3, -0.25) is 24.7 Å². The summed E-state index contributed by atoms with van der Waals surface area (Å²) in [5.74, 6) is -0.354. The lowest BCUT2D eigenvalue weighted by molar-refractivity contribution is -0.385. The van der Waals surface area contributed by atoms with Gasteiger partial charge >= 0.3 is 0 Å². The van der Waals surface area contributed by atoms with Crippen LogP contribution in [0, 0.1) is 16.0 Å². The molecule has 1 aliphatic heterocycles. The fourth-order valence-corrected chi connectivity index (χ4v) is 3.37. The first-order valence-electron chi connectivity index (χ1n) is 8.87. The molecule has 2 aromatic rings. The second-order valence-electron chi connectivity index (χ2n) is 6.60. The van der Waals surface area contributed by atoms with Gasteiger partial charge in [-0.15, -0.1) is 0 Å². The van der Waals surface area contributed by atoms with Gasteiger partial charge in [-0.2, -0.15) is 0 Å². The van der Waals surface area contributed by atoms with Crippen LogP contribution in [-0.4, -0.2) is 46.3 Å². The quantitative estimate of drug-likeness (QED) is 0.611. The number of hydrogen-bond acceptors (Lipinski definition) is 5. The summed E-state index contributed by atoms with van der Waals surface area (Å²) >= 11 is 5.87. The summed E-state index contributed by atoms with van der Waals surface area (Å²) in [6.07, 6.45) is 4.67. The number of carbonyl (C=O) groups excluding carboxylic acids is 2. The number of likely N-dealkylation sites (tertiary alicyclic amines) is 1. The lowest BCUT2D eigenvalue weighted by Gasteiger charge is -2.32. The lowest BCUT2D eigenvalue weighted by atomic mass is 9.96. The number of hydrogen-bond donors (Lipinski definition) is 1. The highest BCUT2D eigenvalue weighted by Gasteiger charge is 2.25. The Kier molecular flexibility index (Phi) is 6.20. The van der Waals surface area contributed by atoms with Crippen molar-refractivity contribution in [1.29, 1.82) is 0 Å². The highest BCUT2D eigenvalue weighted by atomic mass is 35.5. The van der Waals surface area contributed by atoms with Crippen LogP contribution in [0.3, 0.4) is 0 Å². The van der Waals surface area contributed by atoms with Crippen LogP contribution in [0.1, 0.15) is 33.6 Å². The standard InChI is InChI=1S/C19H19ClN4O4/c20-15-1-2-17(24(27)28)16(11-15)18(25)22-12-13-5-9-23(10-6-13)19(26)14-3-7-21-8-4-14/h1-4,7-8,11,13H,5-6,9-10,12H2,(H,22,25). The Morgan fingerprint density at radius 2 is 1.89 bits per heavy atom. The summed E-state index contributed by atoms with van der Waals surface area (Å²) in [4.78, 5) is 41.0. The van der Waals surface area contributed by atoms with E-state index in [1.807, 2.05) is 0 Å². The van der Waals surface area contributed by atoms with Crippen LogP contribution in [0.2, 0.25) is 5.02 Å².